The van der Waals surface area contributed by atoms with Crippen LogP contribution in [0.25, 0.3) is 0 Å². The molecule has 1 heterocycles. The lowest BCUT2D eigenvalue weighted by Gasteiger charge is -2.22. The molecule has 6 nitrogen and oxygen atoms in total. The Hall–Kier alpha value is -2.34. The SMILES string of the molecule is CCCCCOc1ccccc1CC[C@H]([C@@H](C)O)n1cnc(C(N)=O)c1. The van der Waals surface area contributed by atoms with Crippen LogP contribution in [0.4, 0.5) is 0 Å². The number of aliphatic hydroxyl groups excluding tert-OH is 1. The van der Waals surface area contributed by atoms with Crippen molar-refractivity contribution in [2.24, 2.45) is 5.73 Å². The molecule has 0 saturated carbocycles. The molecule has 1 amide bonds. The van der Waals surface area contributed by atoms with Gasteiger partial charge in [0.25, 0.3) is 5.91 Å². The number of para-hydroxylation sites is 1. The Morgan fingerprint density at radius 3 is 2.77 bits per heavy atom. The number of aliphatic hydroxyl groups is 1. The molecule has 0 fully saturated rings. The lowest BCUT2D eigenvalue weighted by molar-refractivity contribution is 0.0994. The molecule has 6 heteroatoms. The van der Waals surface area contributed by atoms with Crippen LogP contribution in [0, 0.1) is 0 Å². The quantitative estimate of drug-likeness (QED) is 0.603. The number of hydrogen-bond donors (Lipinski definition) is 2. The summed E-state index contributed by atoms with van der Waals surface area (Å²) in [5, 5.41) is 10.2. The lowest BCUT2D eigenvalue weighted by atomic mass is 10.0. The second kappa shape index (κ2) is 9.97. The predicted octanol–water partition coefficient (Wildman–Crippen LogP) is 3.11. The summed E-state index contributed by atoms with van der Waals surface area (Å²) in [6, 6.07) is 7.81. The maximum atomic E-state index is 11.2. The molecule has 142 valence electrons. The molecule has 26 heavy (non-hydrogen) atoms. The highest BCUT2D eigenvalue weighted by atomic mass is 16.5. The first-order valence-corrected chi connectivity index (χ1v) is 9.25. The number of ether oxygens (including phenoxy) is 1. The molecule has 2 aromatic rings. The first kappa shape index (κ1) is 20.0. The largest absolute Gasteiger partial charge is 0.493 e. The highest BCUT2D eigenvalue weighted by Crippen LogP contribution is 2.25. The number of aryl methyl sites for hydroxylation is 1. The van der Waals surface area contributed by atoms with Gasteiger partial charge in [-0.2, -0.15) is 0 Å². The molecule has 0 radical (unpaired) electrons. The van der Waals surface area contributed by atoms with Crippen molar-refractivity contribution in [2.45, 2.75) is 58.1 Å². The van der Waals surface area contributed by atoms with E-state index in [2.05, 4.69) is 18.0 Å². The van der Waals surface area contributed by atoms with Gasteiger partial charge in [0.1, 0.15) is 11.4 Å². The van der Waals surface area contributed by atoms with Gasteiger partial charge in [0.05, 0.1) is 25.1 Å². The molecule has 0 aliphatic carbocycles. The van der Waals surface area contributed by atoms with Gasteiger partial charge in [0.2, 0.25) is 0 Å². The number of unbranched alkanes of at least 4 members (excludes halogenated alkanes) is 2. The van der Waals surface area contributed by atoms with E-state index >= 15 is 0 Å². The fourth-order valence-corrected chi connectivity index (χ4v) is 2.97. The second-order valence-corrected chi connectivity index (χ2v) is 6.58. The number of hydrogen-bond acceptors (Lipinski definition) is 4. The number of aromatic nitrogens is 2. The zero-order valence-electron chi connectivity index (χ0n) is 15.6. The second-order valence-electron chi connectivity index (χ2n) is 6.58. The predicted molar refractivity (Wildman–Crippen MR) is 101 cm³/mol. The van der Waals surface area contributed by atoms with Crippen LogP contribution in [0.2, 0.25) is 0 Å². The zero-order valence-corrected chi connectivity index (χ0v) is 15.6. The minimum atomic E-state index is -0.581. The molecular formula is C20H29N3O3. The fourth-order valence-electron chi connectivity index (χ4n) is 2.97. The van der Waals surface area contributed by atoms with E-state index in [9.17, 15) is 9.90 Å². The third kappa shape index (κ3) is 5.59. The van der Waals surface area contributed by atoms with Gasteiger partial charge in [0.15, 0.2) is 0 Å². The van der Waals surface area contributed by atoms with Crippen molar-refractivity contribution in [3.8, 4) is 5.75 Å². The van der Waals surface area contributed by atoms with Gasteiger partial charge >= 0.3 is 0 Å². The number of benzene rings is 1. The molecule has 0 saturated heterocycles. The van der Waals surface area contributed by atoms with Crippen LogP contribution in [0.5, 0.6) is 5.75 Å². The summed E-state index contributed by atoms with van der Waals surface area (Å²) in [5.41, 5.74) is 6.58. The van der Waals surface area contributed by atoms with Crippen LogP contribution < -0.4 is 10.5 Å². The zero-order chi connectivity index (χ0) is 18.9. The molecule has 2 atom stereocenters. The minimum Gasteiger partial charge on any atom is -0.493 e. The van der Waals surface area contributed by atoms with Crippen LogP contribution in [-0.2, 0) is 6.42 Å². The summed E-state index contributed by atoms with van der Waals surface area (Å²) in [6.45, 7) is 4.62. The fraction of sp³-hybridized carbons (Fsp3) is 0.500. The van der Waals surface area contributed by atoms with Crippen molar-refractivity contribution in [3.05, 3.63) is 48.0 Å². The third-order valence-electron chi connectivity index (χ3n) is 4.48. The summed E-state index contributed by atoms with van der Waals surface area (Å²) in [5.74, 6) is 0.329. The Kier molecular flexibility index (Phi) is 7.66. The minimum absolute atomic E-state index is 0.191. The van der Waals surface area contributed by atoms with E-state index in [1.165, 1.54) is 6.42 Å². The maximum Gasteiger partial charge on any atom is 0.268 e. The van der Waals surface area contributed by atoms with Gasteiger partial charge in [-0.25, -0.2) is 4.98 Å². The normalized spacial score (nSPS) is 13.3. The summed E-state index contributed by atoms with van der Waals surface area (Å²) in [6.07, 6.45) is 7.38. The number of nitrogens with two attached hydrogens (primary N) is 1. The topological polar surface area (TPSA) is 90.4 Å². The van der Waals surface area contributed by atoms with Gasteiger partial charge in [-0.05, 0) is 37.8 Å². The van der Waals surface area contributed by atoms with Crippen molar-refractivity contribution >= 4 is 5.91 Å². The summed E-state index contributed by atoms with van der Waals surface area (Å²) < 4.78 is 7.69. The molecule has 2 rings (SSSR count). The Labute approximate surface area is 155 Å². The Balaban J connectivity index is 2.03. The standard InChI is InChI=1S/C20H29N3O3/c1-3-4-7-12-26-19-9-6-5-8-16(19)10-11-18(15(2)24)23-13-17(20(21)25)22-14-23/h5-6,8-9,13-15,18,24H,3-4,7,10-12H2,1-2H3,(H2,21,25)/t15-,18-/m1/s1. The molecule has 0 bridgehead atoms. The Morgan fingerprint density at radius 2 is 2.12 bits per heavy atom. The molecule has 0 unspecified atom stereocenters. The van der Waals surface area contributed by atoms with Crippen LogP contribution in [0.1, 0.15) is 61.6 Å². The highest BCUT2D eigenvalue weighted by molar-refractivity contribution is 5.90. The summed E-state index contributed by atoms with van der Waals surface area (Å²) >= 11 is 0. The molecule has 0 aliphatic heterocycles. The summed E-state index contributed by atoms with van der Waals surface area (Å²) in [7, 11) is 0. The van der Waals surface area contributed by atoms with Crippen molar-refractivity contribution in [1.29, 1.82) is 0 Å². The van der Waals surface area contributed by atoms with E-state index in [0.717, 1.165) is 30.6 Å². The first-order chi connectivity index (χ1) is 12.5. The number of primary amides is 1. The van der Waals surface area contributed by atoms with Crippen molar-refractivity contribution in [3.63, 3.8) is 0 Å². The van der Waals surface area contributed by atoms with Gasteiger partial charge in [0, 0.05) is 6.20 Å². The first-order valence-electron chi connectivity index (χ1n) is 9.25. The Morgan fingerprint density at radius 1 is 1.35 bits per heavy atom. The number of imidazole rings is 1. The van der Waals surface area contributed by atoms with Gasteiger partial charge < -0.3 is 20.1 Å². The Bertz CT molecular complexity index is 697. The number of amides is 1. The smallest absolute Gasteiger partial charge is 0.268 e. The van der Waals surface area contributed by atoms with E-state index in [1.54, 1.807) is 24.0 Å². The number of rotatable bonds is 11. The monoisotopic (exact) mass is 359 g/mol. The highest BCUT2D eigenvalue weighted by Gasteiger charge is 2.19. The van der Waals surface area contributed by atoms with Crippen molar-refractivity contribution in [1.82, 2.24) is 9.55 Å². The summed E-state index contributed by atoms with van der Waals surface area (Å²) in [4.78, 5) is 15.2. The molecule has 0 spiro atoms. The number of carbonyl (C=O) groups excluding carboxylic acids is 1. The van der Waals surface area contributed by atoms with Crippen LogP contribution in [-0.4, -0.2) is 33.3 Å². The maximum absolute atomic E-state index is 11.2. The number of carbonyl (C=O) groups is 1. The van der Waals surface area contributed by atoms with Crippen LogP contribution >= 0.6 is 0 Å². The van der Waals surface area contributed by atoms with Gasteiger partial charge in [-0.3, -0.25) is 4.79 Å². The van der Waals surface area contributed by atoms with E-state index in [0.29, 0.717) is 13.0 Å². The van der Waals surface area contributed by atoms with Crippen molar-refractivity contribution < 1.29 is 14.6 Å². The van der Waals surface area contributed by atoms with E-state index in [4.69, 9.17) is 10.5 Å². The van der Waals surface area contributed by atoms with E-state index in [1.807, 2.05) is 18.2 Å². The van der Waals surface area contributed by atoms with Crippen molar-refractivity contribution in [2.75, 3.05) is 6.61 Å². The molecule has 3 N–H and O–H groups in total. The molecular weight excluding hydrogens is 330 g/mol. The lowest BCUT2D eigenvalue weighted by Crippen LogP contribution is -2.21. The average Bonchev–Trinajstić information content (AvgIpc) is 3.10. The number of nitrogens with zero attached hydrogens (tertiary/aromatic N) is 2. The van der Waals surface area contributed by atoms with Gasteiger partial charge in [-0.1, -0.05) is 38.0 Å². The van der Waals surface area contributed by atoms with E-state index < -0.39 is 12.0 Å². The van der Waals surface area contributed by atoms with Crippen LogP contribution in [0.15, 0.2) is 36.8 Å². The van der Waals surface area contributed by atoms with Crippen LogP contribution in [0.3, 0.4) is 0 Å². The molecule has 1 aromatic heterocycles. The van der Waals surface area contributed by atoms with E-state index in [-0.39, 0.29) is 11.7 Å². The molecule has 0 aliphatic rings. The average molecular weight is 359 g/mol. The molecule has 1 aromatic carbocycles. The van der Waals surface area contributed by atoms with Gasteiger partial charge in [-0.15, -0.1) is 0 Å². The third-order valence-corrected chi connectivity index (χ3v) is 4.48.